The second kappa shape index (κ2) is 9.82. The molecule has 2 aromatic rings. The molecule has 0 unspecified atom stereocenters. The Morgan fingerprint density at radius 3 is 2.41 bits per heavy atom. The normalized spacial score (nSPS) is 19.7. The molecule has 8 heteroatoms. The molecule has 0 saturated carbocycles. The van der Waals surface area contributed by atoms with Crippen molar-refractivity contribution in [2.75, 3.05) is 26.7 Å². The lowest BCUT2D eigenvalue weighted by atomic mass is 9.79. The number of aromatic nitrogens is 1. The highest BCUT2D eigenvalue weighted by Crippen LogP contribution is 2.40. The molecule has 2 aliphatic rings. The lowest BCUT2D eigenvalue weighted by Gasteiger charge is -2.40. The van der Waals surface area contributed by atoms with Crippen LogP contribution in [0.25, 0.3) is 16.5 Å². The first kappa shape index (κ1) is 23.3. The van der Waals surface area contributed by atoms with Crippen LogP contribution in [0.3, 0.4) is 0 Å². The molecule has 2 heterocycles. The molecular formula is C24H29N3O5. The van der Waals surface area contributed by atoms with Crippen molar-refractivity contribution in [1.29, 1.82) is 0 Å². The van der Waals surface area contributed by atoms with Gasteiger partial charge in [-0.05, 0) is 50.1 Å². The molecule has 3 N–H and O–H groups in total. The van der Waals surface area contributed by atoms with Gasteiger partial charge >= 0.3 is 11.9 Å². The summed E-state index contributed by atoms with van der Waals surface area (Å²) in [5, 5.41) is 17.0. The predicted molar refractivity (Wildman–Crippen MR) is 122 cm³/mol. The highest BCUT2D eigenvalue weighted by Gasteiger charge is 2.36. The summed E-state index contributed by atoms with van der Waals surface area (Å²) < 4.78 is 0. The zero-order valence-corrected chi connectivity index (χ0v) is 18.5. The number of aromatic amines is 1. The van der Waals surface area contributed by atoms with Gasteiger partial charge < -0.3 is 20.1 Å². The number of rotatable bonds is 5. The summed E-state index contributed by atoms with van der Waals surface area (Å²) in [5.41, 5.74) is 5.21. The van der Waals surface area contributed by atoms with E-state index in [1.165, 1.54) is 27.6 Å². The Bertz CT molecular complexity index is 1060. The van der Waals surface area contributed by atoms with E-state index in [9.17, 15) is 14.4 Å². The van der Waals surface area contributed by atoms with E-state index in [0.29, 0.717) is 18.2 Å². The number of carboxylic acid groups (broad SMARTS) is 2. The fourth-order valence-corrected chi connectivity index (χ4v) is 4.52. The van der Waals surface area contributed by atoms with E-state index in [1.807, 2.05) is 4.90 Å². The quantitative estimate of drug-likeness (QED) is 0.617. The first-order valence-corrected chi connectivity index (χ1v) is 10.7. The molecule has 0 bridgehead atoms. The van der Waals surface area contributed by atoms with E-state index in [4.69, 9.17) is 10.2 Å². The molecule has 2 atom stereocenters. The van der Waals surface area contributed by atoms with Crippen LogP contribution in [-0.4, -0.2) is 75.6 Å². The zero-order chi connectivity index (χ0) is 23.4. The van der Waals surface area contributed by atoms with Crippen LogP contribution < -0.4 is 0 Å². The van der Waals surface area contributed by atoms with Gasteiger partial charge in [0, 0.05) is 54.9 Å². The molecular weight excluding hydrogens is 410 g/mol. The third-order valence-electron chi connectivity index (χ3n) is 6.03. The summed E-state index contributed by atoms with van der Waals surface area (Å²) in [4.78, 5) is 39.7. The van der Waals surface area contributed by atoms with Crippen molar-refractivity contribution < 1.29 is 24.6 Å². The highest BCUT2D eigenvalue weighted by atomic mass is 16.4. The number of carbonyl (C=O) groups excluding carboxylic acids is 1. The Morgan fingerprint density at radius 1 is 1.16 bits per heavy atom. The van der Waals surface area contributed by atoms with Crippen LogP contribution in [0.15, 0.2) is 42.6 Å². The lowest BCUT2D eigenvalue weighted by Crippen LogP contribution is -2.47. The van der Waals surface area contributed by atoms with Crippen molar-refractivity contribution in [1.82, 2.24) is 14.8 Å². The van der Waals surface area contributed by atoms with Gasteiger partial charge in [0.15, 0.2) is 0 Å². The summed E-state index contributed by atoms with van der Waals surface area (Å²) in [6, 6.07) is 6.82. The molecule has 32 heavy (non-hydrogen) atoms. The number of carbonyl (C=O) groups is 3. The molecule has 0 fully saturated rings. The molecule has 4 rings (SSSR count). The fraction of sp³-hybridized carbons (Fsp3) is 0.375. The lowest BCUT2D eigenvalue weighted by molar-refractivity contribution is -0.134. The van der Waals surface area contributed by atoms with Gasteiger partial charge in [-0.2, -0.15) is 0 Å². The number of likely N-dealkylation sites (N-methyl/N-ethyl adjacent to an activating group) is 1. The van der Waals surface area contributed by atoms with Crippen molar-refractivity contribution in [2.45, 2.75) is 26.3 Å². The molecule has 0 radical (unpaired) electrons. The third kappa shape index (κ3) is 4.75. The Balaban J connectivity index is 0.000000312. The molecule has 8 nitrogen and oxygen atoms in total. The molecule has 0 saturated heterocycles. The number of H-pyrrole nitrogens is 1. The minimum absolute atomic E-state index is 0.0445. The number of aliphatic carboxylic acids is 2. The van der Waals surface area contributed by atoms with Crippen LogP contribution in [0.1, 0.15) is 25.0 Å². The van der Waals surface area contributed by atoms with Crippen molar-refractivity contribution >= 4 is 34.3 Å². The third-order valence-corrected chi connectivity index (χ3v) is 6.03. The Labute approximate surface area is 186 Å². The van der Waals surface area contributed by atoms with Crippen LogP contribution in [0, 0.1) is 5.92 Å². The van der Waals surface area contributed by atoms with E-state index >= 15 is 0 Å². The van der Waals surface area contributed by atoms with E-state index in [-0.39, 0.29) is 11.8 Å². The first-order valence-electron chi connectivity index (χ1n) is 10.7. The average Bonchev–Trinajstić information content (AvgIpc) is 3.18. The number of fused-ring (bicyclic) bond motifs is 2. The summed E-state index contributed by atoms with van der Waals surface area (Å²) in [7, 11) is 2.15. The maximum atomic E-state index is 12.9. The van der Waals surface area contributed by atoms with Gasteiger partial charge in [0.2, 0.25) is 5.91 Å². The molecule has 1 aromatic carbocycles. The van der Waals surface area contributed by atoms with Crippen molar-refractivity contribution in [3.63, 3.8) is 0 Å². The number of nitrogens with zero attached hydrogens (tertiary/aromatic N) is 2. The number of hydrogen-bond donors (Lipinski definition) is 3. The van der Waals surface area contributed by atoms with E-state index < -0.39 is 11.9 Å². The number of amides is 1. The minimum Gasteiger partial charge on any atom is -0.478 e. The summed E-state index contributed by atoms with van der Waals surface area (Å²) in [6.45, 7) is 6.47. The van der Waals surface area contributed by atoms with E-state index in [0.717, 1.165) is 26.1 Å². The van der Waals surface area contributed by atoms with Crippen LogP contribution in [-0.2, 0) is 20.8 Å². The number of benzene rings is 1. The van der Waals surface area contributed by atoms with Crippen molar-refractivity contribution in [3.8, 4) is 0 Å². The Morgan fingerprint density at radius 2 is 1.81 bits per heavy atom. The molecule has 170 valence electrons. The van der Waals surface area contributed by atoms with Gasteiger partial charge in [-0.1, -0.05) is 18.2 Å². The fourth-order valence-electron chi connectivity index (χ4n) is 4.52. The predicted octanol–water partition coefficient (Wildman–Crippen LogP) is 2.62. The summed E-state index contributed by atoms with van der Waals surface area (Å²) in [6.07, 6.45) is 6.53. The Hall–Kier alpha value is -3.39. The smallest absolute Gasteiger partial charge is 0.328 e. The monoisotopic (exact) mass is 439 g/mol. The second-order valence-corrected chi connectivity index (χ2v) is 7.95. The number of nitrogens with one attached hydrogen (secondary N) is 1. The highest BCUT2D eigenvalue weighted by molar-refractivity contribution is 5.99. The number of carboxylic acids is 2. The maximum absolute atomic E-state index is 12.9. The minimum atomic E-state index is -1.26. The molecule has 0 spiro atoms. The largest absolute Gasteiger partial charge is 0.478 e. The summed E-state index contributed by atoms with van der Waals surface area (Å²) >= 11 is 0. The van der Waals surface area contributed by atoms with E-state index in [2.05, 4.69) is 61.3 Å². The molecule has 1 amide bonds. The second-order valence-electron chi connectivity index (χ2n) is 7.95. The van der Waals surface area contributed by atoms with Crippen molar-refractivity contribution in [2.24, 2.45) is 5.92 Å². The zero-order valence-electron chi connectivity index (χ0n) is 18.5. The maximum Gasteiger partial charge on any atom is 0.328 e. The summed E-state index contributed by atoms with van der Waals surface area (Å²) in [5.74, 6) is -2.30. The molecule has 1 aliphatic carbocycles. The van der Waals surface area contributed by atoms with Gasteiger partial charge in [-0.25, -0.2) is 9.59 Å². The van der Waals surface area contributed by atoms with Crippen LogP contribution in [0.4, 0.5) is 0 Å². The van der Waals surface area contributed by atoms with Gasteiger partial charge in [-0.15, -0.1) is 0 Å². The van der Waals surface area contributed by atoms with E-state index in [1.54, 1.807) is 0 Å². The average molecular weight is 440 g/mol. The topological polar surface area (TPSA) is 114 Å². The van der Waals surface area contributed by atoms with Gasteiger partial charge in [0.1, 0.15) is 0 Å². The van der Waals surface area contributed by atoms with Crippen LogP contribution in [0.5, 0.6) is 0 Å². The Kier molecular flexibility index (Phi) is 7.15. The number of hydrogen-bond acceptors (Lipinski definition) is 4. The van der Waals surface area contributed by atoms with Crippen LogP contribution >= 0.6 is 0 Å². The van der Waals surface area contributed by atoms with Crippen LogP contribution in [0.2, 0.25) is 0 Å². The molecule has 1 aromatic heterocycles. The molecule has 1 aliphatic heterocycles. The standard InChI is InChI=1S/C20H25N3O.C4H4O4/c1-4-23(5-2)20(24)14-9-16-15-7-6-8-17-19(15)13(11-21-17)10-18(16)22(3)12-14;5-3(6)1-2-4(7)8/h6-9,11,14,18,21H,4-5,10,12H2,1-3H3;1-2H,(H,5,6)(H,7,8)/t14-,18-;/m1./s1. The first-order chi connectivity index (χ1) is 15.3. The van der Waals surface area contributed by atoms with Gasteiger partial charge in [0.05, 0.1) is 5.92 Å². The SMILES string of the molecule is CCN(CC)C(=O)[C@@H]1C=C2c3cccc4[nH]cc(c34)C[C@H]2N(C)C1.O=C(O)C=CC(=O)O. The van der Waals surface area contributed by atoms with Gasteiger partial charge in [-0.3, -0.25) is 9.69 Å². The van der Waals surface area contributed by atoms with Crippen molar-refractivity contribution in [3.05, 3.63) is 53.8 Å². The van der Waals surface area contributed by atoms with Gasteiger partial charge in [0.25, 0.3) is 0 Å².